The van der Waals surface area contributed by atoms with E-state index in [9.17, 15) is 0 Å². The lowest BCUT2D eigenvalue weighted by molar-refractivity contribution is -0.673. The molecule has 0 N–H and O–H groups in total. The van der Waals surface area contributed by atoms with Gasteiger partial charge in [-0.15, -0.1) is 0 Å². The zero-order valence-electron chi connectivity index (χ0n) is 29.2. The third-order valence-electron chi connectivity index (χ3n) is 10.0. The van der Waals surface area contributed by atoms with Gasteiger partial charge >= 0.3 is 0 Å². The standard InChI is InChI=1S/C44H42N4S4/c1-11-29-45-33-17-3-7-21-37(33)49-41(45)25-15-27-43-47(35-19-5-9-23-39(35)51-43)31-13-2-14-32-48-36-20-6-10-24-40(36)52-44(48)28-16-26-42-46(30-12-1)34-18-4-8-22-38(34)50-42/h3-10,15-28H,1-2,11-14,29-32H2/q+2. The van der Waals surface area contributed by atoms with E-state index < -0.39 is 0 Å². The summed E-state index contributed by atoms with van der Waals surface area (Å²) >= 11 is 7.60. The summed E-state index contributed by atoms with van der Waals surface area (Å²) in [5.74, 6) is 0. The SMILES string of the molecule is C1=Cc2sc3ccccc3[n+]2CCCCC[n+]2c(sc3ccccc32)/C=C/C=C2\Sc3ccccc3N2CCCCCN2C(=C1)Sc1ccccc12. The molecule has 260 valence electrons. The highest BCUT2D eigenvalue weighted by Crippen LogP contribution is 2.47. The van der Waals surface area contributed by atoms with Crippen LogP contribution in [-0.2, 0) is 13.1 Å². The fourth-order valence-electron chi connectivity index (χ4n) is 7.49. The Morgan fingerprint density at radius 3 is 1.42 bits per heavy atom. The van der Waals surface area contributed by atoms with Crippen LogP contribution in [0.4, 0.5) is 11.4 Å². The Hall–Kier alpha value is -4.08. The van der Waals surface area contributed by atoms with Gasteiger partial charge < -0.3 is 9.80 Å². The van der Waals surface area contributed by atoms with Crippen LogP contribution in [0.25, 0.3) is 32.6 Å². The van der Waals surface area contributed by atoms with Crippen molar-refractivity contribution < 1.29 is 9.13 Å². The summed E-state index contributed by atoms with van der Waals surface area (Å²) in [4.78, 5) is 7.79. The number of rotatable bonds is 0. The fourth-order valence-corrected chi connectivity index (χ4v) is 11.9. The monoisotopic (exact) mass is 754 g/mol. The number of para-hydroxylation sites is 4. The van der Waals surface area contributed by atoms with Gasteiger partial charge in [0.2, 0.25) is 11.0 Å². The van der Waals surface area contributed by atoms with E-state index >= 15 is 0 Å². The normalized spacial score (nSPS) is 18.7. The molecule has 0 saturated carbocycles. The number of anilines is 2. The summed E-state index contributed by atoms with van der Waals surface area (Å²) in [6.45, 7) is 4.11. The molecule has 6 aromatic rings. The van der Waals surface area contributed by atoms with Crippen LogP contribution in [0, 0.1) is 0 Å². The Morgan fingerprint density at radius 2 is 0.904 bits per heavy atom. The largest absolute Gasteiger partial charge is 0.335 e. The molecular weight excluding hydrogens is 713 g/mol. The number of hydrogen-bond donors (Lipinski definition) is 0. The molecule has 4 aromatic carbocycles. The zero-order chi connectivity index (χ0) is 34.7. The summed E-state index contributed by atoms with van der Waals surface area (Å²) in [5.41, 5.74) is 5.36. The Morgan fingerprint density at radius 1 is 0.462 bits per heavy atom. The first-order valence-electron chi connectivity index (χ1n) is 18.5. The van der Waals surface area contributed by atoms with Crippen LogP contribution in [0.2, 0.25) is 0 Å². The zero-order valence-corrected chi connectivity index (χ0v) is 32.5. The van der Waals surface area contributed by atoms with Crippen LogP contribution in [0.5, 0.6) is 0 Å². The maximum absolute atomic E-state index is 2.54. The summed E-state index contributed by atoms with van der Waals surface area (Å²) in [7, 11) is 0. The highest BCUT2D eigenvalue weighted by Gasteiger charge is 2.26. The maximum Gasteiger partial charge on any atom is 0.262 e. The summed E-state index contributed by atoms with van der Waals surface area (Å²) in [6.07, 6.45) is 20.9. The topological polar surface area (TPSA) is 14.2 Å². The minimum Gasteiger partial charge on any atom is -0.335 e. The number of hydrogen-bond acceptors (Lipinski definition) is 6. The molecule has 0 saturated heterocycles. The van der Waals surface area contributed by atoms with E-state index in [1.807, 2.05) is 46.2 Å². The molecule has 2 aromatic heterocycles. The number of thioether (sulfide) groups is 2. The average Bonchev–Trinajstić information content (AvgIpc) is 3.92. The van der Waals surface area contributed by atoms with Gasteiger partial charge in [0.15, 0.2) is 13.1 Å². The summed E-state index contributed by atoms with van der Waals surface area (Å²) in [5, 5.41) is 5.28. The van der Waals surface area contributed by atoms with Crippen LogP contribution in [-0.4, -0.2) is 13.1 Å². The first-order chi connectivity index (χ1) is 25.8. The van der Waals surface area contributed by atoms with Crippen molar-refractivity contribution in [2.75, 3.05) is 22.9 Å². The number of aromatic nitrogens is 2. The molecule has 9 rings (SSSR count). The lowest BCUT2D eigenvalue weighted by Crippen LogP contribution is -2.36. The van der Waals surface area contributed by atoms with Gasteiger partial charge in [-0.1, -0.05) is 107 Å². The molecule has 0 aliphatic carbocycles. The smallest absolute Gasteiger partial charge is 0.262 e. The van der Waals surface area contributed by atoms with Gasteiger partial charge in [0.1, 0.15) is 9.40 Å². The molecule has 0 amide bonds. The molecule has 52 heavy (non-hydrogen) atoms. The van der Waals surface area contributed by atoms with Crippen molar-refractivity contribution in [1.29, 1.82) is 0 Å². The fraction of sp³-hybridized carbons (Fsp3) is 0.227. The highest BCUT2D eigenvalue weighted by molar-refractivity contribution is 8.04. The van der Waals surface area contributed by atoms with Gasteiger partial charge in [0.25, 0.3) is 10.0 Å². The molecule has 0 unspecified atom stereocenters. The van der Waals surface area contributed by atoms with Crippen LogP contribution in [0.15, 0.2) is 141 Å². The van der Waals surface area contributed by atoms with Gasteiger partial charge in [-0.05, 0) is 74.2 Å². The van der Waals surface area contributed by atoms with Crippen LogP contribution in [0.1, 0.15) is 48.5 Å². The quantitative estimate of drug-likeness (QED) is 0.143. The second kappa shape index (κ2) is 15.5. The van der Waals surface area contributed by atoms with Crippen molar-refractivity contribution in [3.63, 3.8) is 0 Å². The Balaban J connectivity index is 1.03. The second-order valence-electron chi connectivity index (χ2n) is 13.4. The molecule has 0 radical (unpaired) electrons. The van der Waals surface area contributed by atoms with Crippen molar-refractivity contribution in [3.05, 3.63) is 141 Å². The van der Waals surface area contributed by atoms with Crippen LogP contribution < -0.4 is 18.9 Å². The van der Waals surface area contributed by atoms with Gasteiger partial charge in [0, 0.05) is 60.0 Å². The first kappa shape index (κ1) is 33.7. The maximum atomic E-state index is 2.54. The number of nitrogens with zero attached hydrogens (tertiary/aromatic N) is 4. The molecule has 4 nitrogen and oxygen atoms in total. The van der Waals surface area contributed by atoms with Crippen molar-refractivity contribution in [3.8, 4) is 0 Å². The lowest BCUT2D eigenvalue weighted by atomic mass is 10.2. The molecule has 3 aliphatic heterocycles. The summed E-state index contributed by atoms with van der Waals surface area (Å²) in [6, 6.07) is 35.5. The van der Waals surface area contributed by atoms with Crippen molar-refractivity contribution in [2.45, 2.75) is 61.4 Å². The van der Waals surface area contributed by atoms with Crippen molar-refractivity contribution in [2.24, 2.45) is 0 Å². The van der Waals surface area contributed by atoms with E-state index in [1.165, 1.54) is 74.5 Å². The highest BCUT2D eigenvalue weighted by atomic mass is 32.2. The van der Waals surface area contributed by atoms with E-state index in [1.54, 1.807) is 0 Å². The molecule has 0 bridgehead atoms. The summed E-state index contributed by atoms with van der Waals surface area (Å²) < 4.78 is 7.79. The van der Waals surface area contributed by atoms with Crippen molar-refractivity contribution in [1.82, 2.24) is 0 Å². The predicted octanol–water partition coefficient (Wildman–Crippen LogP) is 11.7. The van der Waals surface area contributed by atoms with Crippen LogP contribution in [0.3, 0.4) is 0 Å². The third-order valence-corrected chi connectivity index (χ3v) is 14.6. The Labute approximate surface area is 323 Å². The van der Waals surface area contributed by atoms with Gasteiger partial charge in [-0.25, -0.2) is 0 Å². The number of benzene rings is 4. The molecular formula is C44H42N4S4+2. The molecule has 0 atom stereocenters. The molecule has 5 heterocycles. The van der Waals surface area contributed by atoms with E-state index in [2.05, 4.69) is 152 Å². The van der Waals surface area contributed by atoms with E-state index in [4.69, 9.17) is 0 Å². The van der Waals surface area contributed by atoms with Crippen molar-refractivity contribution >= 4 is 90.2 Å². The number of allylic oxidation sites excluding steroid dienone is 4. The molecule has 3 aliphatic rings. The lowest BCUT2D eigenvalue weighted by Gasteiger charge is -2.22. The second-order valence-corrected chi connectivity index (χ2v) is 17.7. The Kier molecular flexibility index (Phi) is 10.0. The third kappa shape index (κ3) is 6.90. The van der Waals surface area contributed by atoms with Gasteiger partial charge in [0.05, 0.1) is 21.4 Å². The average molecular weight is 755 g/mol. The number of fused-ring (bicyclic) bond motifs is 12. The number of aryl methyl sites for hydroxylation is 2. The first-order valence-corrected chi connectivity index (χ1v) is 21.8. The Bertz CT molecular complexity index is 2200. The van der Waals surface area contributed by atoms with Crippen LogP contribution >= 0.6 is 46.2 Å². The minimum atomic E-state index is 1.03. The predicted molar refractivity (Wildman–Crippen MR) is 225 cm³/mol. The minimum absolute atomic E-state index is 1.03. The van der Waals surface area contributed by atoms with E-state index in [-0.39, 0.29) is 0 Å². The van der Waals surface area contributed by atoms with Gasteiger partial charge in [-0.3, -0.25) is 0 Å². The molecule has 0 spiro atoms. The van der Waals surface area contributed by atoms with Gasteiger partial charge in [-0.2, -0.15) is 9.13 Å². The molecule has 8 heteroatoms. The van der Waals surface area contributed by atoms with E-state index in [0.717, 1.165) is 51.9 Å². The van der Waals surface area contributed by atoms with E-state index in [0.29, 0.717) is 0 Å². The number of thiazole rings is 2. The molecule has 0 fully saturated rings.